The summed E-state index contributed by atoms with van der Waals surface area (Å²) in [6.45, 7) is 3.73. The minimum Gasteiger partial charge on any atom is -0.342 e. The Morgan fingerprint density at radius 2 is 2.28 bits per heavy atom. The molecule has 0 bridgehead atoms. The molecule has 0 aromatic carbocycles. The van der Waals surface area contributed by atoms with E-state index in [4.69, 9.17) is 0 Å². The summed E-state index contributed by atoms with van der Waals surface area (Å²) in [6.07, 6.45) is 2.43. The molecular weight excluding hydrogens is 252 g/mol. The Kier molecular flexibility index (Phi) is 3.52. The summed E-state index contributed by atoms with van der Waals surface area (Å²) >= 11 is 1.48. The monoisotopic (exact) mass is 264 g/mol. The number of carbonyl (C=O) groups is 1. The topological polar surface area (TPSA) is 87.7 Å². The maximum Gasteiger partial charge on any atom is 0.269 e. The van der Waals surface area contributed by atoms with E-state index in [9.17, 15) is 9.59 Å². The normalized spacial score (nSPS) is 12.1. The number of H-pyrrole nitrogens is 1. The lowest BCUT2D eigenvalue weighted by atomic mass is 10.3. The Hall–Kier alpha value is -2.02. The third-order valence-corrected chi connectivity index (χ3v) is 3.40. The van der Waals surface area contributed by atoms with Crippen molar-refractivity contribution in [3.63, 3.8) is 0 Å². The first kappa shape index (κ1) is 12.4. The molecule has 0 aliphatic rings. The van der Waals surface area contributed by atoms with Crippen molar-refractivity contribution in [2.24, 2.45) is 0 Å². The number of aromatic nitrogens is 3. The zero-order valence-electron chi connectivity index (χ0n) is 9.93. The van der Waals surface area contributed by atoms with Crippen LogP contribution in [0.3, 0.4) is 0 Å². The first-order chi connectivity index (χ1) is 8.56. The molecule has 0 saturated heterocycles. The van der Waals surface area contributed by atoms with Crippen LogP contribution in [-0.2, 0) is 0 Å². The van der Waals surface area contributed by atoms with Gasteiger partial charge in [0.25, 0.3) is 11.5 Å². The first-order valence-electron chi connectivity index (χ1n) is 5.33. The number of amides is 1. The number of hydrogen-bond acceptors (Lipinski definition) is 5. The van der Waals surface area contributed by atoms with Crippen molar-refractivity contribution >= 4 is 17.2 Å². The van der Waals surface area contributed by atoms with Gasteiger partial charge in [-0.2, -0.15) is 0 Å². The maximum atomic E-state index is 11.8. The van der Waals surface area contributed by atoms with Crippen molar-refractivity contribution in [1.29, 1.82) is 0 Å². The molecule has 94 valence electrons. The fraction of sp³-hybridized carbons (Fsp3) is 0.273. The number of hydrogen-bond donors (Lipinski definition) is 2. The molecule has 2 N–H and O–H groups in total. The smallest absolute Gasteiger partial charge is 0.269 e. The van der Waals surface area contributed by atoms with E-state index in [0.29, 0.717) is 0 Å². The van der Waals surface area contributed by atoms with Crippen LogP contribution in [0.25, 0.3) is 0 Å². The van der Waals surface area contributed by atoms with Crippen LogP contribution in [0.15, 0.2) is 22.6 Å². The number of nitrogens with zero attached hydrogens (tertiary/aromatic N) is 2. The predicted molar refractivity (Wildman–Crippen MR) is 67.6 cm³/mol. The second kappa shape index (κ2) is 5.09. The van der Waals surface area contributed by atoms with E-state index in [1.807, 2.05) is 19.2 Å². The highest BCUT2D eigenvalue weighted by Gasteiger charge is 2.14. The Labute approximate surface area is 107 Å². The fourth-order valence-electron chi connectivity index (χ4n) is 1.40. The molecule has 0 radical (unpaired) electrons. The molecule has 0 aliphatic carbocycles. The molecule has 2 rings (SSSR count). The lowest BCUT2D eigenvalue weighted by molar-refractivity contribution is 0.0934. The van der Waals surface area contributed by atoms with E-state index in [1.165, 1.54) is 17.5 Å². The number of aromatic amines is 1. The van der Waals surface area contributed by atoms with Crippen LogP contribution in [0.5, 0.6) is 0 Å². The number of carbonyl (C=O) groups excluding carboxylic acids is 1. The molecule has 1 amide bonds. The molecule has 0 fully saturated rings. The Morgan fingerprint density at radius 3 is 2.89 bits per heavy atom. The van der Waals surface area contributed by atoms with E-state index in [0.717, 1.165) is 16.9 Å². The van der Waals surface area contributed by atoms with Gasteiger partial charge in [0, 0.05) is 11.1 Å². The molecule has 0 spiro atoms. The number of aryl methyl sites for hydroxylation is 1. The third kappa shape index (κ3) is 2.80. The number of thiazole rings is 1. The van der Waals surface area contributed by atoms with Gasteiger partial charge in [-0.3, -0.25) is 14.6 Å². The molecule has 18 heavy (non-hydrogen) atoms. The first-order valence-corrected chi connectivity index (χ1v) is 6.21. The van der Waals surface area contributed by atoms with Crippen LogP contribution in [0.4, 0.5) is 0 Å². The van der Waals surface area contributed by atoms with E-state index in [-0.39, 0.29) is 17.6 Å². The summed E-state index contributed by atoms with van der Waals surface area (Å²) in [5, 5.41) is 5.50. The van der Waals surface area contributed by atoms with Crippen molar-refractivity contribution in [3.05, 3.63) is 44.5 Å². The van der Waals surface area contributed by atoms with Gasteiger partial charge >= 0.3 is 0 Å². The molecule has 7 heteroatoms. The number of rotatable bonds is 3. The van der Waals surface area contributed by atoms with Crippen LogP contribution >= 0.6 is 11.3 Å². The zero-order valence-corrected chi connectivity index (χ0v) is 10.7. The van der Waals surface area contributed by atoms with Crippen molar-refractivity contribution in [3.8, 4) is 0 Å². The van der Waals surface area contributed by atoms with Crippen LogP contribution < -0.4 is 10.9 Å². The summed E-state index contributed by atoms with van der Waals surface area (Å²) in [7, 11) is 0. The molecule has 2 aromatic heterocycles. The molecular formula is C11H12N4O2S. The largest absolute Gasteiger partial charge is 0.342 e. The van der Waals surface area contributed by atoms with Crippen LogP contribution in [-0.4, -0.2) is 20.9 Å². The third-order valence-electron chi connectivity index (χ3n) is 2.25. The molecule has 2 heterocycles. The molecule has 1 atom stereocenters. The van der Waals surface area contributed by atoms with Crippen LogP contribution in [0, 0.1) is 6.92 Å². The van der Waals surface area contributed by atoms with Crippen LogP contribution in [0.2, 0.25) is 0 Å². The Morgan fingerprint density at radius 1 is 1.50 bits per heavy atom. The average molecular weight is 264 g/mol. The summed E-state index contributed by atoms with van der Waals surface area (Å²) < 4.78 is 0. The van der Waals surface area contributed by atoms with Gasteiger partial charge in [0.1, 0.15) is 10.7 Å². The van der Waals surface area contributed by atoms with Gasteiger partial charge in [0.05, 0.1) is 18.4 Å². The molecule has 1 unspecified atom stereocenters. The highest BCUT2D eigenvalue weighted by molar-refractivity contribution is 7.09. The van der Waals surface area contributed by atoms with Crippen LogP contribution in [0.1, 0.15) is 34.2 Å². The quantitative estimate of drug-likeness (QED) is 0.866. The standard InChI is InChI=1S/C11H12N4O2S/c1-6-5-18-11(13-6)7(2)14-10(17)8-3-12-4-9(16)15-8/h3-5,7H,1-2H3,(H,14,17)(H,15,16). The predicted octanol–water partition coefficient (Wildman–Crippen LogP) is 1.03. The Bertz CT molecular complexity index is 619. The molecule has 0 aliphatic heterocycles. The van der Waals surface area contributed by atoms with Gasteiger partial charge in [-0.15, -0.1) is 11.3 Å². The SMILES string of the molecule is Cc1csc(C(C)NC(=O)c2cncc(=O)[nH]2)n1. The maximum absolute atomic E-state index is 11.8. The van der Waals surface area contributed by atoms with E-state index in [1.54, 1.807) is 0 Å². The van der Waals surface area contributed by atoms with Gasteiger partial charge in [-0.25, -0.2) is 4.98 Å². The summed E-state index contributed by atoms with van der Waals surface area (Å²) in [5.74, 6) is -0.374. The minimum absolute atomic E-state index is 0.141. The zero-order chi connectivity index (χ0) is 13.1. The van der Waals surface area contributed by atoms with Gasteiger partial charge in [-0.05, 0) is 13.8 Å². The van der Waals surface area contributed by atoms with Gasteiger partial charge in [0.2, 0.25) is 0 Å². The summed E-state index contributed by atoms with van der Waals surface area (Å²) in [6, 6.07) is -0.208. The lowest BCUT2D eigenvalue weighted by Gasteiger charge is -2.10. The van der Waals surface area contributed by atoms with Crippen molar-refractivity contribution in [1.82, 2.24) is 20.3 Å². The fourth-order valence-corrected chi connectivity index (χ4v) is 2.20. The van der Waals surface area contributed by atoms with E-state index in [2.05, 4.69) is 20.3 Å². The van der Waals surface area contributed by atoms with Gasteiger partial charge < -0.3 is 10.3 Å². The number of nitrogens with one attached hydrogen (secondary N) is 2. The second-order valence-corrected chi connectivity index (χ2v) is 4.72. The molecule has 0 saturated carbocycles. The van der Waals surface area contributed by atoms with Gasteiger partial charge in [-0.1, -0.05) is 0 Å². The highest BCUT2D eigenvalue weighted by Crippen LogP contribution is 2.17. The lowest BCUT2D eigenvalue weighted by Crippen LogP contribution is -2.29. The van der Waals surface area contributed by atoms with Crippen molar-refractivity contribution in [2.75, 3.05) is 0 Å². The minimum atomic E-state index is -0.402. The average Bonchev–Trinajstić information content (AvgIpc) is 2.76. The second-order valence-electron chi connectivity index (χ2n) is 3.83. The molecule has 6 nitrogen and oxygen atoms in total. The van der Waals surface area contributed by atoms with Crippen molar-refractivity contribution < 1.29 is 4.79 Å². The molecule has 2 aromatic rings. The summed E-state index contributed by atoms with van der Waals surface area (Å²) in [4.78, 5) is 33.3. The summed E-state index contributed by atoms with van der Waals surface area (Å²) in [5.41, 5.74) is 0.661. The highest BCUT2D eigenvalue weighted by atomic mass is 32.1. The van der Waals surface area contributed by atoms with Gasteiger partial charge in [0.15, 0.2) is 0 Å². The Balaban J connectivity index is 2.10. The van der Waals surface area contributed by atoms with E-state index < -0.39 is 5.56 Å². The van der Waals surface area contributed by atoms with E-state index >= 15 is 0 Å². The van der Waals surface area contributed by atoms with Crippen molar-refractivity contribution in [2.45, 2.75) is 19.9 Å².